The van der Waals surface area contributed by atoms with Gasteiger partial charge in [0, 0.05) is 17.6 Å². The monoisotopic (exact) mass is 354 g/mol. The van der Waals surface area contributed by atoms with Crippen LogP contribution in [-0.4, -0.2) is 14.8 Å². The molecule has 0 aliphatic carbocycles. The number of hydrogen-bond donors (Lipinski definition) is 1. The Balaban J connectivity index is 2.00. The van der Waals surface area contributed by atoms with Crippen molar-refractivity contribution in [3.8, 4) is 22.9 Å². The second-order valence-electron chi connectivity index (χ2n) is 5.58. The van der Waals surface area contributed by atoms with Crippen molar-refractivity contribution >= 4 is 11.6 Å². The van der Waals surface area contributed by atoms with E-state index in [0.717, 1.165) is 16.7 Å². The minimum atomic E-state index is -0.298. The molecular formula is C18H15ClN4O2. The molecule has 0 bridgehead atoms. The van der Waals surface area contributed by atoms with Crippen molar-refractivity contribution in [1.82, 2.24) is 14.8 Å². The highest BCUT2D eigenvalue weighted by atomic mass is 35.5. The molecule has 0 fully saturated rings. The van der Waals surface area contributed by atoms with E-state index in [-0.39, 0.29) is 12.3 Å². The number of nitrogens with one attached hydrogen (secondary N) is 1. The lowest BCUT2D eigenvalue weighted by Gasteiger charge is -2.14. The summed E-state index contributed by atoms with van der Waals surface area (Å²) >= 11 is 6.27. The Labute approximate surface area is 149 Å². The molecule has 3 rings (SSSR count). The number of nitriles is 1. The first kappa shape index (κ1) is 16.8. The van der Waals surface area contributed by atoms with E-state index in [1.54, 1.807) is 19.2 Å². The molecule has 3 aromatic rings. The summed E-state index contributed by atoms with van der Waals surface area (Å²) in [6, 6.07) is 13.0. The second kappa shape index (κ2) is 6.83. The first-order valence-corrected chi connectivity index (χ1v) is 7.91. The minimum absolute atomic E-state index is 0.126. The van der Waals surface area contributed by atoms with Crippen LogP contribution in [0.2, 0.25) is 5.02 Å². The first-order valence-electron chi connectivity index (χ1n) is 7.53. The molecule has 0 aliphatic heterocycles. The van der Waals surface area contributed by atoms with Crippen LogP contribution in [0.15, 0.2) is 41.2 Å². The van der Waals surface area contributed by atoms with E-state index in [1.807, 2.05) is 31.2 Å². The van der Waals surface area contributed by atoms with E-state index < -0.39 is 0 Å². The number of aryl methyl sites for hydroxylation is 1. The average Bonchev–Trinajstić information content (AvgIpc) is 2.94. The minimum Gasteiger partial charge on any atom is -0.485 e. The number of ether oxygens (including phenoxy) is 1. The fourth-order valence-corrected chi connectivity index (χ4v) is 2.57. The van der Waals surface area contributed by atoms with Gasteiger partial charge in [0.25, 0.3) is 0 Å². The van der Waals surface area contributed by atoms with Crippen LogP contribution in [0.3, 0.4) is 0 Å². The van der Waals surface area contributed by atoms with Crippen LogP contribution in [-0.2, 0) is 13.7 Å². The third-order valence-corrected chi connectivity index (χ3v) is 4.30. The molecule has 1 N–H and O–H groups in total. The van der Waals surface area contributed by atoms with Gasteiger partial charge in [-0.1, -0.05) is 23.7 Å². The average molecular weight is 355 g/mol. The fourth-order valence-electron chi connectivity index (χ4n) is 2.41. The van der Waals surface area contributed by atoms with Crippen molar-refractivity contribution in [2.75, 3.05) is 0 Å². The summed E-state index contributed by atoms with van der Waals surface area (Å²) in [4.78, 5) is 11.5. The Hall–Kier alpha value is -3.04. The number of halogens is 1. The van der Waals surface area contributed by atoms with Crippen LogP contribution >= 0.6 is 11.6 Å². The maximum absolute atomic E-state index is 11.5. The van der Waals surface area contributed by atoms with Gasteiger partial charge in [-0.15, -0.1) is 0 Å². The maximum Gasteiger partial charge on any atom is 0.343 e. The molecule has 126 valence electrons. The molecule has 1 heterocycles. The molecule has 7 heteroatoms. The molecule has 0 unspecified atom stereocenters. The van der Waals surface area contributed by atoms with Crippen LogP contribution in [0.4, 0.5) is 0 Å². The second-order valence-corrected chi connectivity index (χ2v) is 5.99. The molecule has 1 aromatic heterocycles. The van der Waals surface area contributed by atoms with Crippen molar-refractivity contribution < 1.29 is 4.74 Å². The van der Waals surface area contributed by atoms with Crippen molar-refractivity contribution in [3.63, 3.8) is 0 Å². The molecular weight excluding hydrogens is 340 g/mol. The Morgan fingerprint density at radius 1 is 1.36 bits per heavy atom. The predicted octanol–water partition coefficient (Wildman–Crippen LogP) is 3.19. The number of aromatic amines is 1. The Kier molecular flexibility index (Phi) is 4.59. The highest BCUT2D eigenvalue weighted by molar-refractivity contribution is 6.31. The van der Waals surface area contributed by atoms with E-state index >= 15 is 0 Å². The lowest BCUT2D eigenvalue weighted by Crippen LogP contribution is -2.15. The SMILES string of the molecule is Cc1cc(OCc2n[nH]c(=O)n2C)c(-c2cccc(C#N)c2)cc1Cl. The summed E-state index contributed by atoms with van der Waals surface area (Å²) in [5.74, 6) is 1.08. The lowest BCUT2D eigenvalue weighted by atomic mass is 10.0. The third kappa shape index (κ3) is 3.42. The van der Waals surface area contributed by atoms with Gasteiger partial charge in [-0.25, -0.2) is 9.89 Å². The van der Waals surface area contributed by atoms with Crippen molar-refractivity contribution in [1.29, 1.82) is 5.26 Å². The van der Waals surface area contributed by atoms with Crippen LogP contribution < -0.4 is 10.4 Å². The number of aromatic nitrogens is 3. The molecule has 2 aromatic carbocycles. The number of H-pyrrole nitrogens is 1. The molecule has 0 radical (unpaired) electrons. The zero-order valence-electron chi connectivity index (χ0n) is 13.7. The number of hydrogen-bond acceptors (Lipinski definition) is 4. The molecule has 0 aliphatic rings. The number of benzene rings is 2. The molecule has 0 atom stereocenters. The molecule has 6 nitrogen and oxygen atoms in total. The summed E-state index contributed by atoms with van der Waals surface area (Å²) in [6.45, 7) is 2.01. The normalized spacial score (nSPS) is 10.5. The maximum atomic E-state index is 11.5. The zero-order chi connectivity index (χ0) is 18.0. The molecule has 0 spiro atoms. The van der Waals surface area contributed by atoms with Gasteiger partial charge in [-0.05, 0) is 42.3 Å². The van der Waals surface area contributed by atoms with Crippen LogP contribution in [0.1, 0.15) is 17.0 Å². The summed E-state index contributed by atoms with van der Waals surface area (Å²) in [7, 11) is 1.62. The summed E-state index contributed by atoms with van der Waals surface area (Å²) in [5.41, 5.74) is 2.72. The van der Waals surface area contributed by atoms with E-state index in [0.29, 0.717) is 22.2 Å². The lowest BCUT2D eigenvalue weighted by molar-refractivity contribution is 0.292. The van der Waals surface area contributed by atoms with Crippen LogP contribution in [0, 0.1) is 18.3 Å². The number of nitrogens with zero attached hydrogens (tertiary/aromatic N) is 3. The quantitative estimate of drug-likeness (QED) is 0.779. The van der Waals surface area contributed by atoms with Crippen molar-refractivity contribution in [2.24, 2.45) is 7.05 Å². The molecule has 0 amide bonds. The molecule has 25 heavy (non-hydrogen) atoms. The van der Waals surface area contributed by atoms with E-state index in [1.165, 1.54) is 4.57 Å². The van der Waals surface area contributed by atoms with Crippen LogP contribution in [0.5, 0.6) is 5.75 Å². The predicted molar refractivity (Wildman–Crippen MR) is 94.5 cm³/mol. The highest BCUT2D eigenvalue weighted by Gasteiger charge is 2.13. The van der Waals surface area contributed by atoms with Gasteiger partial charge in [-0.2, -0.15) is 10.4 Å². The smallest absolute Gasteiger partial charge is 0.343 e. The summed E-state index contributed by atoms with van der Waals surface area (Å²) < 4.78 is 7.28. The number of rotatable bonds is 4. The van der Waals surface area contributed by atoms with Gasteiger partial charge >= 0.3 is 5.69 Å². The van der Waals surface area contributed by atoms with Gasteiger partial charge in [0.2, 0.25) is 0 Å². The Morgan fingerprint density at radius 3 is 2.84 bits per heavy atom. The van der Waals surface area contributed by atoms with Gasteiger partial charge in [0.05, 0.1) is 11.6 Å². The summed E-state index contributed by atoms with van der Waals surface area (Å²) in [5, 5.41) is 16.0. The van der Waals surface area contributed by atoms with E-state index in [2.05, 4.69) is 16.3 Å². The first-order chi connectivity index (χ1) is 12.0. The largest absolute Gasteiger partial charge is 0.485 e. The van der Waals surface area contributed by atoms with Crippen molar-refractivity contribution in [2.45, 2.75) is 13.5 Å². The van der Waals surface area contributed by atoms with Crippen LogP contribution in [0.25, 0.3) is 11.1 Å². The Morgan fingerprint density at radius 2 is 2.16 bits per heavy atom. The highest BCUT2D eigenvalue weighted by Crippen LogP contribution is 2.35. The fraction of sp³-hybridized carbons (Fsp3) is 0.167. The third-order valence-electron chi connectivity index (χ3n) is 3.89. The molecule has 0 saturated carbocycles. The summed E-state index contributed by atoms with van der Waals surface area (Å²) in [6.07, 6.45) is 0. The standard InChI is InChI=1S/C18H15ClN4O2/c1-11-6-16(25-10-17-21-22-18(24)23(17)2)14(8-15(11)19)13-5-3-4-12(7-13)9-20/h3-8H,10H2,1-2H3,(H,22,24). The Bertz CT molecular complexity index is 1030. The van der Waals surface area contributed by atoms with Crippen molar-refractivity contribution in [3.05, 3.63) is 68.9 Å². The topological polar surface area (TPSA) is 83.7 Å². The van der Waals surface area contributed by atoms with Gasteiger partial charge < -0.3 is 4.74 Å². The van der Waals surface area contributed by atoms with E-state index in [9.17, 15) is 4.79 Å². The zero-order valence-corrected chi connectivity index (χ0v) is 14.5. The van der Waals surface area contributed by atoms with Gasteiger partial charge in [0.1, 0.15) is 12.4 Å². The van der Waals surface area contributed by atoms with E-state index in [4.69, 9.17) is 21.6 Å². The molecule has 0 saturated heterocycles. The van der Waals surface area contributed by atoms with Gasteiger partial charge in [-0.3, -0.25) is 4.57 Å². The van der Waals surface area contributed by atoms with Gasteiger partial charge in [0.15, 0.2) is 5.82 Å².